The van der Waals surface area contributed by atoms with Crippen LogP contribution in [0.2, 0.25) is 0 Å². The molecule has 0 saturated heterocycles. The highest BCUT2D eigenvalue weighted by Crippen LogP contribution is 2.29. The number of thioether (sulfide) groups is 1. The number of methoxy groups -OCH3 is 1. The van der Waals surface area contributed by atoms with E-state index in [-0.39, 0.29) is 23.9 Å². The number of nitrogens with one attached hydrogen (secondary N) is 1. The van der Waals surface area contributed by atoms with Gasteiger partial charge in [0.2, 0.25) is 5.91 Å². The Hall–Kier alpha value is -3.30. The van der Waals surface area contributed by atoms with E-state index in [1.165, 1.54) is 23.1 Å². The number of pyridine rings is 1. The first-order valence-electron chi connectivity index (χ1n) is 10.7. The van der Waals surface area contributed by atoms with E-state index in [1.807, 2.05) is 56.3 Å². The molecule has 0 aliphatic rings. The van der Waals surface area contributed by atoms with Crippen molar-refractivity contribution in [3.05, 3.63) is 75.5 Å². The minimum atomic E-state index is -0.0797. The van der Waals surface area contributed by atoms with Gasteiger partial charge in [0.05, 0.1) is 36.2 Å². The summed E-state index contributed by atoms with van der Waals surface area (Å²) in [5.41, 5.74) is 2.60. The Morgan fingerprint density at radius 2 is 1.94 bits per heavy atom. The second kappa shape index (κ2) is 10.8. The molecule has 4 aromatic rings. The standard InChI is InChI=1S/C25H24N4O3S2/c1-15-4-5-17(12-26-15)10-24(31)27-13-19-7-9-23(34-19)22(30)14-33-25-20-11-18(32-3)6-8-21(20)28-16(2)29-25/h4-9,11-12H,10,13-14H2,1-3H3,(H,27,31). The fourth-order valence-electron chi connectivity index (χ4n) is 3.29. The fourth-order valence-corrected chi connectivity index (χ4v) is 5.21. The monoisotopic (exact) mass is 492 g/mol. The number of ether oxygens (including phenoxy) is 1. The molecule has 0 aliphatic carbocycles. The summed E-state index contributed by atoms with van der Waals surface area (Å²) in [6.45, 7) is 4.13. The molecule has 3 aromatic heterocycles. The summed E-state index contributed by atoms with van der Waals surface area (Å²) in [5.74, 6) is 1.57. The van der Waals surface area contributed by atoms with Crippen molar-refractivity contribution < 1.29 is 14.3 Å². The lowest BCUT2D eigenvalue weighted by molar-refractivity contribution is -0.120. The maximum absolute atomic E-state index is 12.8. The number of benzene rings is 1. The number of carbonyl (C=O) groups excluding carboxylic acids is 2. The Labute approximate surface area is 206 Å². The van der Waals surface area contributed by atoms with Crippen LogP contribution in [0.15, 0.2) is 53.7 Å². The molecule has 0 spiro atoms. The summed E-state index contributed by atoms with van der Waals surface area (Å²) in [4.78, 5) is 39.8. The molecule has 0 bridgehead atoms. The third-order valence-corrected chi connectivity index (χ3v) is 7.17. The van der Waals surface area contributed by atoms with E-state index < -0.39 is 0 Å². The van der Waals surface area contributed by atoms with Gasteiger partial charge >= 0.3 is 0 Å². The largest absolute Gasteiger partial charge is 0.497 e. The molecule has 1 N–H and O–H groups in total. The van der Waals surface area contributed by atoms with Crippen LogP contribution < -0.4 is 10.1 Å². The van der Waals surface area contributed by atoms with Crippen LogP contribution in [0.5, 0.6) is 5.75 Å². The molecule has 3 heterocycles. The number of hydrogen-bond donors (Lipinski definition) is 1. The normalized spacial score (nSPS) is 10.9. The van der Waals surface area contributed by atoms with Gasteiger partial charge in [0.15, 0.2) is 5.78 Å². The van der Waals surface area contributed by atoms with Crippen molar-refractivity contribution in [2.24, 2.45) is 0 Å². The molecule has 9 heteroatoms. The minimum absolute atomic E-state index is 0.0191. The first-order chi connectivity index (χ1) is 16.4. The van der Waals surface area contributed by atoms with Gasteiger partial charge in [-0.2, -0.15) is 0 Å². The number of aromatic nitrogens is 3. The number of fused-ring (bicyclic) bond motifs is 1. The molecule has 0 atom stereocenters. The van der Waals surface area contributed by atoms with E-state index in [1.54, 1.807) is 13.3 Å². The molecule has 7 nitrogen and oxygen atoms in total. The summed E-state index contributed by atoms with van der Waals surface area (Å²) in [6.07, 6.45) is 1.99. The Bertz CT molecular complexity index is 1340. The lowest BCUT2D eigenvalue weighted by Gasteiger charge is -2.08. The maximum Gasteiger partial charge on any atom is 0.224 e. The summed E-state index contributed by atoms with van der Waals surface area (Å²) in [7, 11) is 1.61. The van der Waals surface area contributed by atoms with E-state index >= 15 is 0 Å². The van der Waals surface area contributed by atoms with Crippen LogP contribution in [0.25, 0.3) is 10.9 Å². The lowest BCUT2D eigenvalue weighted by atomic mass is 10.2. The average molecular weight is 493 g/mol. The molecule has 0 fully saturated rings. The summed E-state index contributed by atoms with van der Waals surface area (Å²) < 4.78 is 5.32. The van der Waals surface area contributed by atoms with Gasteiger partial charge in [0.25, 0.3) is 0 Å². The van der Waals surface area contributed by atoms with Crippen molar-refractivity contribution in [1.82, 2.24) is 20.3 Å². The van der Waals surface area contributed by atoms with E-state index in [2.05, 4.69) is 20.3 Å². The van der Waals surface area contributed by atoms with Crippen molar-refractivity contribution in [2.45, 2.75) is 31.8 Å². The van der Waals surface area contributed by atoms with Crippen molar-refractivity contribution in [3.63, 3.8) is 0 Å². The average Bonchev–Trinajstić information content (AvgIpc) is 3.31. The topological polar surface area (TPSA) is 94.1 Å². The Balaban J connectivity index is 1.35. The second-order valence-corrected chi connectivity index (χ2v) is 9.83. The van der Waals surface area contributed by atoms with Crippen molar-refractivity contribution in [3.8, 4) is 5.75 Å². The van der Waals surface area contributed by atoms with Crippen molar-refractivity contribution in [2.75, 3.05) is 12.9 Å². The number of nitrogens with zero attached hydrogens (tertiary/aromatic N) is 3. The molecule has 34 heavy (non-hydrogen) atoms. The number of thiophene rings is 1. The van der Waals surface area contributed by atoms with E-state index in [9.17, 15) is 9.59 Å². The Morgan fingerprint density at radius 3 is 2.71 bits per heavy atom. The maximum atomic E-state index is 12.8. The number of ketones is 1. The first kappa shape index (κ1) is 23.8. The van der Waals surface area contributed by atoms with E-state index in [0.717, 1.165) is 37.8 Å². The van der Waals surface area contributed by atoms with Crippen LogP contribution in [0, 0.1) is 13.8 Å². The highest BCUT2D eigenvalue weighted by molar-refractivity contribution is 8.00. The van der Waals surface area contributed by atoms with Gasteiger partial charge in [-0.3, -0.25) is 14.6 Å². The Morgan fingerprint density at radius 1 is 1.09 bits per heavy atom. The third-order valence-electron chi connectivity index (χ3n) is 5.05. The number of Topliss-reactive ketones (excluding diaryl/α,β-unsaturated/α-hetero) is 1. The van der Waals surface area contributed by atoms with Gasteiger partial charge < -0.3 is 10.1 Å². The van der Waals surface area contributed by atoms with Gasteiger partial charge in [-0.1, -0.05) is 17.8 Å². The predicted octanol–water partition coefficient (Wildman–Crippen LogP) is 4.55. The quantitative estimate of drug-likeness (QED) is 0.208. The minimum Gasteiger partial charge on any atom is -0.497 e. The zero-order valence-corrected chi connectivity index (χ0v) is 20.8. The van der Waals surface area contributed by atoms with Crippen molar-refractivity contribution in [1.29, 1.82) is 0 Å². The molecule has 0 aliphatic heterocycles. The van der Waals surface area contributed by atoms with E-state index in [0.29, 0.717) is 17.2 Å². The Kier molecular flexibility index (Phi) is 7.54. The van der Waals surface area contributed by atoms with Crippen LogP contribution in [-0.2, 0) is 17.8 Å². The van der Waals surface area contributed by atoms with E-state index in [4.69, 9.17) is 4.74 Å². The zero-order chi connectivity index (χ0) is 24.1. The second-order valence-electron chi connectivity index (χ2n) is 7.70. The fraction of sp³-hybridized carbons (Fsp3) is 0.240. The third kappa shape index (κ3) is 5.98. The molecular weight excluding hydrogens is 468 g/mol. The van der Waals surface area contributed by atoms with Gasteiger partial charge in [-0.05, 0) is 55.8 Å². The van der Waals surface area contributed by atoms with Crippen molar-refractivity contribution >= 4 is 45.7 Å². The molecule has 0 unspecified atom stereocenters. The number of aryl methyl sites for hydroxylation is 2. The van der Waals surface area contributed by atoms with Crippen LogP contribution >= 0.6 is 23.1 Å². The lowest BCUT2D eigenvalue weighted by Crippen LogP contribution is -2.24. The van der Waals surface area contributed by atoms with Crippen LogP contribution in [0.1, 0.15) is 31.6 Å². The number of rotatable bonds is 9. The molecule has 0 saturated carbocycles. The van der Waals surface area contributed by atoms with Gasteiger partial charge in [0.1, 0.15) is 16.6 Å². The highest BCUT2D eigenvalue weighted by Gasteiger charge is 2.14. The molecular formula is C25H24N4O3S2. The molecule has 1 aromatic carbocycles. The predicted molar refractivity (Wildman–Crippen MR) is 135 cm³/mol. The summed E-state index contributed by atoms with van der Waals surface area (Å²) in [5, 5.41) is 4.52. The molecule has 1 amide bonds. The number of amides is 1. The highest BCUT2D eigenvalue weighted by atomic mass is 32.2. The van der Waals surface area contributed by atoms with Crippen LogP contribution in [0.3, 0.4) is 0 Å². The zero-order valence-electron chi connectivity index (χ0n) is 19.1. The number of hydrogen-bond acceptors (Lipinski definition) is 8. The molecule has 0 radical (unpaired) electrons. The summed E-state index contributed by atoms with van der Waals surface area (Å²) >= 11 is 2.79. The first-order valence-corrected chi connectivity index (χ1v) is 12.5. The smallest absolute Gasteiger partial charge is 0.224 e. The van der Waals surface area contributed by atoms with Gasteiger partial charge in [-0.15, -0.1) is 11.3 Å². The van der Waals surface area contributed by atoms with Gasteiger partial charge in [0, 0.05) is 22.2 Å². The van der Waals surface area contributed by atoms with Crippen LogP contribution in [0.4, 0.5) is 0 Å². The number of carbonyl (C=O) groups is 2. The molecule has 4 rings (SSSR count). The van der Waals surface area contributed by atoms with Crippen LogP contribution in [-0.4, -0.2) is 39.5 Å². The van der Waals surface area contributed by atoms with Gasteiger partial charge in [-0.25, -0.2) is 9.97 Å². The molecule has 174 valence electrons. The SMILES string of the molecule is COc1ccc2nc(C)nc(SCC(=O)c3ccc(CNC(=O)Cc4ccc(C)nc4)s3)c2c1. The summed E-state index contributed by atoms with van der Waals surface area (Å²) in [6, 6.07) is 13.1.